The predicted octanol–water partition coefficient (Wildman–Crippen LogP) is 4.01. The van der Waals surface area contributed by atoms with Crippen LogP contribution < -0.4 is 4.72 Å². The van der Waals surface area contributed by atoms with Gasteiger partial charge < -0.3 is 0 Å². The molecule has 0 aliphatic heterocycles. The van der Waals surface area contributed by atoms with E-state index in [2.05, 4.69) is 4.72 Å². The third-order valence-corrected chi connectivity index (χ3v) is 4.90. The molecule has 0 heterocycles. The zero-order valence-corrected chi connectivity index (χ0v) is 13.5. The van der Waals surface area contributed by atoms with E-state index < -0.39 is 14.9 Å². The summed E-state index contributed by atoms with van der Waals surface area (Å²) in [5, 5.41) is 11.4. The van der Waals surface area contributed by atoms with Crippen molar-refractivity contribution < 1.29 is 13.3 Å². The highest BCUT2D eigenvalue weighted by molar-refractivity contribution is 7.92. The molecule has 1 N–H and O–H groups in total. The minimum absolute atomic E-state index is 0.00526. The number of rotatable bonds is 4. The Bertz CT molecular complexity index is 836. The smallest absolute Gasteiger partial charge is 0.275 e. The predicted molar refractivity (Wildman–Crippen MR) is 85.1 cm³/mol. The number of anilines is 1. The lowest BCUT2D eigenvalue weighted by Gasteiger charge is -2.09. The monoisotopic (exact) mass is 360 g/mol. The Hall–Kier alpha value is -1.83. The second-order valence-corrected chi connectivity index (χ2v) is 6.94. The molecule has 2 rings (SSSR count). The van der Waals surface area contributed by atoms with Crippen molar-refractivity contribution in [2.24, 2.45) is 0 Å². The maximum atomic E-state index is 12.3. The molecule has 22 heavy (non-hydrogen) atoms. The van der Waals surface area contributed by atoms with Crippen LogP contribution in [0.4, 0.5) is 11.4 Å². The number of benzene rings is 2. The molecule has 9 heteroatoms. The summed E-state index contributed by atoms with van der Waals surface area (Å²) in [4.78, 5) is 10.0. The van der Waals surface area contributed by atoms with Gasteiger partial charge in [-0.05, 0) is 37.3 Å². The quantitative estimate of drug-likeness (QED) is 0.658. The van der Waals surface area contributed by atoms with Crippen LogP contribution >= 0.6 is 23.2 Å². The largest absolute Gasteiger partial charge is 0.280 e. The van der Waals surface area contributed by atoms with E-state index >= 15 is 0 Å². The number of nitro groups is 1. The van der Waals surface area contributed by atoms with Gasteiger partial charge in [0, 0.05) is 22.3 Å². The van der Waals surface area contributed by atoms with Crippen molar-refractivity contribution in [1.29, 1.82) is 0 Å². The Morgan fingerprint density at radius 1 is 1.14 bits per heavy atom. The molecular formula is C13H10Cl2N2O4S. The zero-order chi connectivity index (χ0) is 16.5. The van der Waals surface area contributed by atoms with Crippen LogP contribution in [0.25, 0.3) is 0 Å². The molecule has 0 spiro atoms. The number of hydrogen-bond acceptors (Lipinski definition) is 4. The summed E-state index contributed by atoms with van der Waals surface area (Å²) < 4.78 is 26.9. The molecule has 0 fully saturated rings. The molecule has 0 aromatic heterocycles. The molecule has 0 aliphatic rings. The number of nitrogens with one attached hydrogen (secondary N) is 1. The third-order valence-electron chi connectivity index (χ3n) is 2.89. The van der Waals surface area contributed by atoms with Gasteiger partial charge in [0.25, 0.3) is 15.7 Å². The Balaban J connectivity index is 2.45. The summed E-state index contributed by atoms with van der Waals surface area (Å²) in [6, 6.07) is 8.13. The van der Waals surface area contributed by atoms with Gasteiger partial charge in [-0.25, -0.2) is 8.42 Å². The Labute approximate surface area is 136 Å². The molecular weight excluding hydrogens is 351 g/mol. The van der Waals surface area contributed by atoms with Crippen LogP contribution in [0.15, 0.2) is 41.3 Å². The molecule has 0 amide bonds. The summed E-state index contributed by atoms with van der Waals surface area (Å²) in [7, 11) is -4.00. The van der Waals surface area contributed by atoms with E-state index in [1.807, 2.05) is 0 Å². The minimum atomic E-state index is -4.00. The average molecular weight is 361 g/mol. The summed E-state index contributed by atoms with van der Waals surface area (Å²) in [6.45, 7) is 1.45. The van der Waals surface area contributed by atoms with Crippen LogP contribution in [-0.4, -0.2) is 13.3 Å². The van der Waals surface area contributed by atoms with Crippen molar-refractivity contribution in [3.8, 4) is 0 Å². The van der Waals surface area contributed by atoms with Gasteiger partial charge in [0.1, 0.15) is 0 Å². The number of sulfonamides is 1. The first-order valence-corrected chi connectivity index (χ1v) is 8.17. The molecule has 0 aliphatic carbocycles. The fourth-order valence-corrected chi connectivity index (χ4v) is 3.23. The first kappa shape index (κ1) is 16.5. The molecule has 0 saturated carbocycles. The fourth-order valence-electron chi connectivity index (χ4n) is 1.72. The van der Waals surface area contributed by atoms with Crippen LogP contribution in [0, 0.1) is 17.0 Å². The summed E-state index contributed by atoms with van der Waals surface area (Å²) >= 11 is 11.6. The second-order valence-electron chi connectivity index (χ2n) is 4.42. The minimum Gasteiger partial charge on any atom is -0.280 e. The van der Waals surface area contributed by atoms with Crippen molar-refractivity contribution in [2.75, 3.05) is 4.72 Å². The maximum absolute atomic E-state index is 12.3. The van der Waals surface area contributed by atoms with Gasteiger partial charge in [0.2, 0.25) is 0 Å². The standard InChI is InChI=1S/C13H10Cl2N2O4S/c1-8-12(15)6-11(7-13(8)17(18)19)22(20,21)16-10-4-2-9(14)3-5-10/h2-7,16H,1H3. The lowest BCUT2D eigenvalue weighted by Crippen LogP contribution is -2.13. The number of nitrogens with zero attached hydrogens (tertiary/aromatic N) is 1. The van der Waals surface area contributed by atoms with E-state index in [0.29, 0.717) is 5.02 Å². The molecule has 0 saturated heterocycles. The van der Waals surface area contributed by atoms with Crippen molar-refractivity contribution in [3.63, 3.8) is 0 Å². The normalized spacial score (nSPS) is 11.2. The van der Waals surface area contributed by atoms with Crippen LogP contribution in [-0.2, 0) is 10.0 Å². The van der Waals surface area contributed by atoms with Gasteiger partial charge in [0.05, 0.1) is 14.8 Å². The summed E-state index contributed by atoms with van der Waals surface area (Å²) in [6.07, 6.45) is 0. The highest BCUT2D eigenvalue weighted by Gasteiger charge is 2.22. The van der Waals surface area contributed by atoms with E-state index in [0.717, 1.165) is 6.07 Å². The number of hydrogen-bond donors (Lipinski definition) is 1. The third kappa shape index (κ3) is 3.49. The fraction of sp³-hybridized carbons (Fsp3) is 0.0769. The van der Waals surface area contributed by atoms with Gasteiger partial charge in [-0.15, -0.1) is 0 Å². The average Bonchev–Trinajstić information content (AvgIpc) is 2.43. The second kappa shape index (κ2) is 6.12. The molecule has 2 aromatic rings. The van der Waals surface area contributed by atoms with Gasteiger partial charge in [-0.3, -0.25) is 14.8 Å². The Morgan fingerprint density at radius 2 is 1.73 bits per heavy atom. The first-order chi connectivity index (χ1) is 10.2. The number of nitro benzene ring substituents is 1. The van der Waals surface area contributed by atoms with E-state index in [1.54, 1.807) is 0 Å². The van der Waals surface area contributed by atoms with E-state index in [4.69, 9.17) is 23.2 Å². The topological polar surface area (TPSA) is 89.3 Å². The molecule has 0 bridgehead atoms. The molecule has 116 valence electrons. The van der Waals surface area contributed by atoms with Crippen LogP contribution in [0.1, 0.15) is 5.56 Å². The SMILES string of the molecule is Cc1c(Cl)cc(S(=O)(=O)Nc2ccc(Cl)cc2)cc1[N+](=O)[O-]. The Morgan fingerprint density at radius 3 is 2.27 bits per heavy atom. The molecule has 0 unspecified atom stereocenters. The summed E-state index contributed by atoms with van der Waals surface area (Å²) in [5.74, 6) is 0. The van der Waals surface area contributed by atoms with Gasteiger partial charge in [-0.2, -0.15) is 0 Å². The molecule has 2 aromatic carbocycles. The highest BCUT2D eigenvalue weighted by Crippen LogP contribution is 2.30. The maximum Gasteiger partial charge on any atom is 0.275 e. The van der Waals surface area contributed by atoms with Crippen LogP contribution in [0.3, 0.4) is 0 Å². The molecule has 6 nitrogen and oxygen atoms in total. The lowest BCUT2D eigenvalue weighted by molar-refractivity contribution is -0.385. The van der Waals surface area contributed by atoms with Crippen molar-refractivity contribution in [1.82, 2.24) is 0 Å². The van der Waals surface area contributed by atoms with Gasteiger partial charge in [0.15, 0.2) is 0 Å². The van der Waals surface area contributed by atoms with Crippen molar-refractivity contribution >= 4 is 44.6 Å². The molecule has 0 atom stereocenters. The van der Waals surface area contributed by atoms with Crippen LogP contribution in [0.5, 0.6) is 0 Å². The molecule has 0 radical (unpaired) electrons. The van der Waals surface area contributed by atoms with E-state index in [-0.39, 0.29) is 26.9 Å². The highest BCUT2D eigenvalue weighted by atomic mass is 35.5. The van der Waals surface area contributed by atoms with Crippen molar-refractivity contribution in [3.05, 3.63) is 62.1 Å². The van der Waals surface area contributed by atoms with E-state index in [1.165, 1.54) is 37.3 Å². The summed E-state index contributed by atoms with van der Waals surface area (Å²) in [5.41, 5.74) is 0.129. The zero-order valence-electron chi connectivity index (χ0n) is 11.2. The van der Waals surface area contributed by atoms with Gasteiger partial charge >= 0.3 is 0 Å². The van der Waals surface area contributed by atoms with Gasteiger partial charge in [-0.1, -0.05) is 23.2 Å². The first-order valence-electron chi connectivity index (χ1n) is 5.93. The van der Waals surface area contributed by atoms with Crippen LogP contribution in [0.2, 0.25) is 10.0 Å². The Kier molecular flexibility index (Phi) is 4.60. The lowest BCUT2D eigenvalue weighted by atomic mass is 10.2. The van der Waals surface area contributed by atoms with Crippen molar-refractivity contribution in [2.45, 2.75) is 11.8 Å². The van der Waals surface area contributed by atoms with E-state index in [9.17, 15) is 18.5 Å². The number of halogens is 2.